The number of pyridine rings is 1. The second-order valence-electron chi connectivity index (χ2n) is 4.39. The summed E-state index contributed by atoms with van der Waals surface area (Å²) < 4.78 is 0. The van der Waals surface area contributed by atoms with E-state index in [4.69, 9.17) is 21.8 Å². The number of halogens is 1. The van der Waals surface area contributed by atoms with Crippen molar-refractivity contribution in [1.29, 1.82) is 5.41 Å². The summed E-state index contributed by atoms with van der Waals surface area (Å²) in [7, 11) is 1.74. The molecule has 0 aliphatic carbocycles. The van der Waals surface area contributed by atoms with Crippen LogP contribution < -0.4 is 10.8 Å². The Bertz CT molecular complexity index is 775. The van der Waals surface area contributed by atoms with E-state index in [1.165, 1.54) is 6.26 Å². The minimum absolute atomic E-state index is 0.138. The van der Waals surface area contributed by atoms with Crippen molar-refractivity contribution in [1.82, 2.24) is 4.98 Å². The molecule has 0 spiro atoms. The Labute approximate surface area is 139 Å². The highest BCUT2D eigenvalue weighted by Gasteiger charge is 2.08. The summed E-state index contributed by atoms with van der Waals surface area (Å²) in [6.07, 6.45) is 2.84. The lowest BCUT2D eigenvalue weighted by atomic mass is 10.1. The van der Waals surface area contributed by atoms with Crippen LogP contribution in [-0.2, 0) is 4.84 Å². The molecule has 6 heteroatoms. The Morgan fingerprint density at radius 3 is 2.78 bits per heavy atom. The molecule has 0 atom stereocenters. The molecule has 0 fully saturated rings. The third-order valence-corrected chi connectivity index (χ3v) is 3.08. The largest absolute Gasteiger partial charge is 0.391 e. The highest BCUT2D eigenvalue weighted by molar-refractivity contribution is 6.30. The zero-order valence-electron chi connectivity index (χ0n) is 12.5. The van der Waals surface area contributed by atoms with Crippen molar-refractivity contribution in [3.05, 3.63) is 65.5 Å². The maximum absolute atomic E-state index is 8.17. The average molecular weight is 327 g/mol. The Kier molecular flexibility index (Phi) is 5.61. The van der Waals surface area contributed by atoms with Gasteiger partial charge in [-0.05, 0) is 36.3 Å². The van der Waals surface area contributed by atoms with Crippen molar-refractivity contribution in [2.45, 2.75) is 0 Å². The molecule has 0 aliphatic heterocycles. The fourth-order valence-electron chi connectivity index (χ4n) is 1.76. The first kappa shape index (κ1) is 16.4. The van der Waals surface area contributed by atoms with Crippen LogP contribution in [0, 0.1) is 17.3 Å². The van der Waals surface area contributed by atoms with Crippen LogP contribution in [-0.4, -0.2) is 17.7 Å². The minimum Gasteiger partial charge on any atom is -0.391 e. The zero-order chi connectivity index (χ0) is 16.7. The van der Waals surface area contributed by atoms with Gasteiger partial charge in [-0.1, -0.05) is 24.1 Å². The average Bonchev–Trinajstić information content (AvgIpc) is 2.59. The van der Waals surface area contributed by atoms with Crippen LogP contribution in [0.15, 0.2) is 49.4 Å². The molecule has 116 valence electrons. The van der Waals surface area contributed by atoms with Crippen molar-refractivity contribution in [3.8, 4) is 11.8 Å². The van der Waals surface area contributed by atoms with Gasteiger partial charge in [-0.3, -0.25) is 5.41 Å². The summed E-state index contributed by atoms with van der Waals surface area (Å²) in [5.41, 5.74) is 4.73. The van der Waals surface area contributed by atoms with Crippen LogP contribution in [0.1, 0.15) is 11.1 Å². The van der Waals surface area contributed by atoms with Gasteiger partial charge in [-0.2, -0.15) is 0 Å². The summed E-state index contributed by atoms with van der Waals surface area (Å²) in [5.74, 6) is 6.30. The Morgan fingerprint density at radius 1 is 1.39 bits per heavy atom. The Balaban J connectivity index is 2.27. The van der Waals surface area contributed by atoms with Gasteiger partial charge in [0.25, 0.3) is 0 Å². The quantitative estimate of drug-likeness (QED) is 0.339. The number of benzene rings is 1. The molecule has 1 aromatic carbocycles. The number of aromatic nitrogens is 1. The van der Waals surface area contributed by atoms with Gasteiger partial charge in [-0.25, -0.2) is 10.5 Å². The highest BCUT2D eigenvalue weighted by Crippen LogP contribution is 2.18. The van der Waals surface area contributed by atoms with Gasteiger partial charge in [0.1, 0.15) is 17.8 Å². The van der Waals surface area contributed by atoms with Crippen molar-refractivity contribution >= 4 is 28.8 Å². The van der Waals surface area contributed by atoms with Gasteiger partial charge in [-0.15, -0.1) is 0 Å². The molecule has 23 heavy (non-hydrogen) atoms. The van der Waals surface area contributed by atoms with Gasteiger partial charge in [0, 0.05) is 17.6 Å². The summed E-state index contributed by atoms with van der Waals surface area (Å²) >= 11 is 5.84. The molecule has 0 saturated heterocycles. The lowest BCUT2D eigenvalue weighted by molar-refractivity contribution is 0.331. The number of hydrogen-bond acceptors (Lipinski definition) is 5. The fraction of sp³-hybridized carbons (Fsp3) is 0.0588. The molecule has 3 N–H and O–H groups in total. The van der Waals surface area contributed by atoms with Crippen LogP contribution in [0.5, 0.6) is 0 Å². The molecule has 0 unspecified atom stereocenters. The number of nitrogens with zero attached hydrogens (tertiary/aromatic N) is 1. The van der Waals surface area contributed by atoms with Gasteiger partial charge in [0.15, 0.2) is 0 Å². The van der Waals surface area contributed by atoms with Crippen LogP contribution in [0.25, 0.3) is 0 Å². The van der Waals surface area contributed by atoms with Crippen molar-refractivity contribution < 1.29 is 4.84 Å². The van der Waals surface area contributed by atoms with E-state index in [1.807, 2.05) is 0 Å². The van der Waals surface area contributed by atoms with E-state index in [0.717, 1.165) is 5.56 Å². The molecule has 1 aromatic heterocycles. The van der Waals surface area contributed by atoms with E-state index in [1.54, 1.807) is 43.6 Å². The SMILES string of the molecule is C=CONc1cnc(NC)c(C(=N)C#Cc2ccc(Cl)cc2)c1. The number of anilines is 2. The van der Waals surface area contributed by atoms with E-state index in [0.29, 0.717) is 22.1 Å². The Hall–Kier alpha value is -2.97. The molecule has 2 aromatic rings. The first-order chi connectivity index (χ1) is 11.1. The first-order valence-electron chi connectivity index (χ1n) is 6.71. The Morgan fingerprint density at radius 2 is 2.13 bits per heavy atom. The summed E-state index contributed by atoms with van der Waals surface area (Å²) in [5, 5.41) is 11.8. The standard InChI is InChI=1S/C17H15ClN4O/c1-3-23-22-14-10-15(17(20-2)21-11-14)16(19)9-6-12-4-7-13(18)8-5-12/h3-5,7-8,10-11,19,22H,1H2,2H3,(H,20,21). The molecular formula is C17H15ClN4O. The third-order valence-electron chi connectivity index (χ3n) is 2.83. The number of hydrogen-bond donors (Lipinski definition) is 3. The first-order valence-corrected chi connectivity index (χ1v) is 7.08. The monoisotopic (exact) mass is 326 g/mol. The third kappa shape index (κ3) is 4.50. The van der Waals surface area contributed by atoms with Crippen LogP contribution in [0.2, 0.25) is 5.02 Å². The molecule has 0 radical (unpaired) electrons. The highest BCUT2D eigenvalue weighted by atomic mass is 35.5. The molecule has 1 heterocycles. The van der Waals surface area contributed by atoms with Crippen LogP contribution in [0.3, 0.4) is 0 Å². The lowest BCUT2D eigenvalue weighted by Crippen LogP contribution is -2.06. The molecule has 0 saturated carbocycles. The van der Waals surface area contributed by atoms with Crippen molar-refractivity contribution in [2.24, 2.45) is 0 Å². The second kappa shape index (κ2) is 7.87. The minimum atomic E-state index is 0.138. The van der Waals surface area contributed by atoms with Crippen LogP contribution >= 0.6 is 11.6 Å². The fourth-order valence-corrected chi connectivity index (χ4v) is 1.88. The predicted octanol–water partition coefficient (Wildman–Crippen LogP) is 3.68. The van der Waals surface area contributed by atoms with Crippen molar-refractivity contribution in [2.75, 3.05) is 17.8 Å². The van der Waals surface area contributed by atoms with Crippen LogP contribution in [0.4, 0.5) is 11.5 Å². The predicted molar refractivity (Wildman–Crippen MR) is 93.8 cm³/mol. The molecule has 0 amide bonds. The molecule has 5 nitrogen and oxygen atoms in total. The van der Waals surface area contributed by atoms with E-state index < -0.39 is 0 Å². The molecule has 2 rings (SSSR count). The van der Waals surface area contributed by atoms with Gasteiger partial charge in [0.2, 0.25) is 0 Å². The van der Waals surface area contributed by atoms with E-state index in [-0.39, 0.29) is 5.71 Å². The number of nitrogens with one attached hydrogen (secondary N) is 3. The smallest absolute Gasteiger partial charge is 0.135 e. The summed E-state index contributed by atoms with van der Waals surface area (Å²) in [6, 6.07) is 8.84. The van der Waals surface area contributed by atoms with E-state index in [9.17, 15) is 0 Å². The molecule has 0 bridgehead atoms. The second-order valence-corrected chi connectivity index (χ2v) is 4.83. The normalized spacial score (nSPS) is 9.30. The molecular weight excluding hydrogens is 312 g/mol. The van der Waals surface area contributed by atoms with Gasteiger partial charge >= 0.3 is 0 Å². The van der Waals surface area contributed by atoms with Gasteiger partial charge in [0.05, 0.1) is 17.4 Å². The lowest BCUT2D eigenvalue weighted by Gasteiger charge is -2.09. The van der Waals surface area contributed by atoms with Gasteiger partial charge < -0.3 is 10.2 Å². The zero-order valence-corrected chi connectivity index (χ0v) is 13.2. The molecule has 0 aliphatic rings. The summed E-state index contributed by atoms with van der Waals surface area (Å²) in [6.45, 7) is 3.44. The maximum atomic E-state index is 8.17. The van der Waals surface area contributed by atoms with E-state index >= 15 is 0 Å². The topological polar surface area (TPSA) is 70.0 Å². The summed E-state index contributed by atoms with van der Waals surface area (Å²) in [4.78, 5) is 9.13. The number of rotatable bonds is 5. The van der Waals surface area contributed by atoms with Crippen molar-refractivity contribution in [3.63, 3.8) is 0 Å². The van der Waals surface area contributed by atoms with E-state index in [2.05, 4.69) is 34.2 Å². The maximum Gasteiger partial charge on any atom is 0.135 e.